The van der Waals surface area contributed by atoms with E-state index < -0.39 is 12.0 Å². The summed E-state index contributed by atoms with van der Waals surface area (Å²) in [5.41, 5.74) is 0. The number of unbranched alkanes of at least 4 members (excludes halogenated alkanes) is 1. The SMILES string of the molecule is CC(CNC(=O)NC(=O)CCCCC(=O)O)C1CC1. The zero-order chi connectivity index (χ0) is 14.3. The molecule has 0 heterocycles. The molecule has 1 aliphatic carbocycles. The molecule has 6 nitrogen and oxygen atoms in total. The van der Waals surface area contributed by atoms with Crippen LogP contribution in [0.2, 0.25) is 0 Å². The minimum Gasteiger partial charge on any atom is -0.481 e. The van der Waals surface area contributed by atoms with E-state index in [1.807, 2.05) is 0 Å². The number of urea groups is 1. The topological polar surface area (TPSA) is 95.5 Å². The molecule has 1 saturated carbocycles. The highest BCUT2D eigenvalue weighted by molar-refractivity contribution is 5.94. The van der Waals surface area contributed by atoms with E-state index >= 15 is 0 Å². The second-order valence-corrected chi connectivity index (χ2v) is 5.17. The molecule has 0 radical (unpaired) electrons. The van der Waals surface area contributed by atoms with E-state index in [1.165, 1.54) is 12.8 Å². The number of rotatable bonds is 8. The number of amides is 3. The third-order valence-corrected chi connectivity index (χ3v) is 3.31. The van der Waals surface area contributed by atoms with E-state index in [0.29, 0.717) is 31.2 Å². The summed E-state index contributed by atoms with van der Waals surface area (Å²) in [6.07, 6.45) is 3.62. The summed E-state index contributed by atoms with van der Waals surface area (Å²) in [4.78, 5) is 33.0. The molecule has 0 aromatic heterocycles. The molecule has 1 fully saturated rings. The van der Waals surface area contributed by atoms with Crippen LogP contribution < -0.4 is 10.6 Å². The summed E-state index contributed by atoms with van der Waals surface area (Å²) in [5, 5.41) is 13.4. The van der Waals surface area contributed by atoms with E-state index in [1.54, 1.807) is 0 Å². The lowest BCUT2D eigenvalue weighted by molar-refractivity contribution is -0.137. The maximum atomic E-state index is 11.4. The minimum atomic E-state index is -0.868. The molecule has 3 amide bonds. The van der Waals surface area contributed by atoms with Crippen molar-refractivity contribution in [2.24, 2.45) is 11.8 Å². The highest BCUT2D eigenvalue weighted by Crippen LogP contribution is 2.35. The van der Waals surface area contributed by atoms with Crippen LogP contribution in [0.1, 0.15) is 45.4 Å². The standard InChI is InChI=1S/C13H22N2O4/c1-9(10-6-7-10)8-14-13(19)15-11(16)4-2-3-5-12(17)18/h9-10H,2-8H2,1H3,(H,17,18)(H2,14,15,16,19). The van der Waals surface area contributed by atoms with Crippen molar-refractivity contribution in [1.82, 2.24) is 10.6 Å². The van der Waals surface area contributed by atoms with Crippen molar-refractivity contribution >= 4 is 17.9 Å². The molecule has 0 bridgehead atoms. The third-order valence-electron chi connectivity index (χ3n) is 3.31. The smallest absolute Gasteiger partial charge is 0.321 e. The number of hydrogen-bond acceptors (Lipinski definition) is 3. The molecule has 108 valence electrons. The summed E-state index contributed by atoms with van der Waals surface area (Å²) >= 11 is 0. The number of nitrogens with one attached hydrogen (secondary N) is 2. The molecule has 1 rings (SSSR count). The average Bonchev–Trinajstić information content (AvgIpc) is 3.15. The first-order valence-corrected chi connectivity index (χ1v) is 6.78. The van der Waals surface area contributed by atoms with Crippen LogP contribution >= 0.6 is 0 Å². The molecule has 1 atom stereocenters. The molecule has 19 heavy (non-hydrogen) atoms. The van der Waals surface area contributed by atoms with Gasteiger partial charge in [-0.1, -0.05) is 6.92 Å². The fourth-order valence-corrected chi connectivity index (χ4v) is 1.88. The van der Waals surface area contributed by atoms with Crippen molar-refractivity contribution in [1.29, 1.82) is 0 Å². The van der Waals surface area contributed by atoms with Crippen molar-refractivity contribution in [3.05, 3.63) is 0 Å². The number of carboxylic acid groups (broad SMARTS) is 1. The fourth-order valence-electron chi connectivity index (χ4n) is 1.88. The second kappa shape index (κ2) is 7.76. The number of carbonyl (C=O) groups excluding carboxylic acids is 2. The highest BCUT2D eigenvalue weighted by Gasteiger charge is 2.27. The van der Waals surface area contributed by atoms with Gasteiger partial charge in [0.05, 0.1) is 0 Å². The van der Waals surface area contributed by atoms with Crippen molar-refractivity contribution in [3.63, 3.8) is 0 Å². The number of aliphatic carboxylic acids is 1. The summed E-state index contributed by atoms with van der Waals surface area (Å²) in [6.45, 7) is 2.68. The number of imide groups is 1. The van der Waals surface area contributed by atoms with Crippen LogP contribution in [0.4, 0.5) is 4.79 Å². The lowest BCUT2D eigenvalue weighted by atomic mass is 10.1. The molecular weight excluding hydrogens is 248 g/mol. The maximum absolute atomic E-state index is 11.4. The molecule has 0 aromatic carbocycles. The minimum absolute atomic E-state index is 0.0539. The molecule has 0 spiro atoms. The number of carbonyl (C=O) groups is 3. The zero-order valence-electron chi connectivity index (χ0n) is 11.3. The lowest BCUT2D eigenvalue weighted by Gasteiger charge is -2.11. The van der Waals surface area contributed by atoms with Gasteiger partial charge in [-0.25, -0.2) is 4.79 Å². The number of hydrogen-bond donors (Lipinski definition) is 3. The Bertz CT molecular complexity index is 340. The average molecular weight is 270 g/mol. The molecule has 3 N–H and O–H groups in total. The van der Waals surface area contributed by atoms with Crippen LogP contribution in [0.25, 0.3) is 0 Å². The van der Waals surface area contributed by atoms with Crippen LogP contribution in [0.15, 0.2) is 0 Å². The summed E-state index contributed by atoms with van der Waals surface area (Å²) in [6, 6.07) is -0.462. The van der Waals surface area contributed by atoms with Gasteiger partial charge in [-0.05, 0) is 37.5 Å². The quantitative estimate of drug-likeness (QED) is 0.582. The Kier molecular flexibility index (Phi) is 6.32. The Labute approximate surface area is 112 Å². The summed E-state index contributed by atoms with van der Waals surface area (Å²) < 4.78 is 0. The first kappa shape index (κ1) is 15.5. The van der Waals surface area contributed by atoms with E-state index in [0.717, 1.165) is 0 Å². The van der Waals surface area contributed by atoms with Crippen LogP contribution in [0, 0.1) is 11.8 Å². The first-order valence-electron chi connectivity index (χ1n) is 6.78. The van der Waals surface area contributed by atoms with Gasteiger partial charge in [0.2, 0.25) is 5.91 Å². The molecule has 6 heteroatoms. The van der Waals surface area contributed by atoms with Gasteiger partial charge in [-0.3, -0.25) is 14.9 Å². The van der Waals surface area contributed by atoms with Gasteiger partial charge in [0.25, 0.3) is 0 Å². The van der Waals surface area contributed by atoms with Gasteiger partial charge in [0.15, 0.2) is 0 Å². The Morgan fingerprint density at radius 2 is 1.84 bits per heavy atom. The summed E-state index contributed by atoms with van der Waals surface area (Å²) in [5.74, 6) is -0.0578. The van der Waals surface area contributed by atoms with Crippen LogP contribution in [-0.4, -0.2) is 29.6 Å². The van der Waals surface area contributed by atoms with Crippen LogP contribution in [0.5, 0.6) is 0 Å². The Hall–Kier alpha value is -1.59. The predicted molar refractivity (Wildman–Crippen MR) is 69.5 cm³/mol. The summed E-state index contributed by atoms with van der Waals surface area (Å²) in [7, 11) is 0. The number of carboxylic acids is 1. The maximum Gasteiger partial charge on any atom is 0.321 e. The van der Waals surface area contributed by atoms with Gasteiger partial charge in [-0.2, -0.15) is 0 Å². The van der Waals surface area contributed by atoms with Crippen LogP contribution in [0.3, 0.4) is 0 Å². The zero-order valence-corrected chi connectivity index (χ0v) is 11.3. The lowest BCUT2D eigenvalue weighted by Crippen LogP contribution is -2.41. The van der Waals surface area contributed by atoms with E-state index in [2.05, 4.69) is 17.6 Å². The largest absolute Gasteiger partial charge is 0.481 e. The van der Waals surface area contributed by atoms with E-state index in [4.69, 9.17) is 5.11 Å². The van der Waals surface area contributed by atoms with Gasteiger partial charge in [-0.15, -0.1) is 0 Å². The molecule has 1 unspecified atom stereocenters. The van der Waals surface area contributed by atoms with Gasteiger partial charge in [0, 0.05) is 19.4 Å². The molecular formula is C13H22N2O4. The van der Waals surface area contributed by atoms with Crippen molar-refractivity contribution in [3.8, 4) is 0 Å². The fraction of sp³-hybridized carbons (Fsp3) is 0.769. The molecule has 0 saturated heterocycles. The second-order valence-electron chi connectivity index (χ2n) is 5.17. The van der Waals surface area contributed by atoms with Crippen LogP contribution in [-0.2, 0) is 9.59 Å². The molecule has 0 aliphatic heterocycles. The molecule has 0 aromatic rings. The van der Waals surface area contributed by atoms with Crippen molar-refractivity contribution in [2.75, 3.05) is 6.54 Å². The predicted octanol–water partition coefficient (Wildman–Crippen LogP) is 1.50. The third kappa shape index (κ3) is 7.43. The Morgan fingerprint density at radius 1 is 1.21 bits per heavy atom. The van der Waals surface area contributed by atoms with Gasteiger partial charge >= 0.3 is 12.0 Å². The van der Waals surface area contributed by atoms with Crippen molar-refractivity contribution < 1.29 is 19.5 Å². The Balaban J connectivity index is 2.03. The molecule has 1 aliphatic rings. The normalized spacial score (nSPS) is 15.6. The highest BCUT2D eigenvalue weighted by atomic mass is 16.4. The van der Waals surface area contributed by atoms with Gasteiger partial charge < -0.3 is 10.4 Å². The van der Waals surface area contributed by atoms with Gasteiger partial charge in [0.1, 0.15) is 0 Å². The Morgan fingerprint density at radius 3 is 2.42 bits per heavy atom. The van der Waals surface area contributed by atoms with E-state index in [-0.39, 0.29) is 18.7 Å². The monoisotopic (exact) mass is 270 g/mol. The van der Waals surface area contributed by atoms with Crippen molar-refractivity contribution in [2.45, 2.75) is 45.4 Å². The first-order chi connectivity index (χ1) is 8.99. The van der Waals surface area contributed by atoms with E-state index in [9.17, 15) is 14.4 Å².